The highest BCUT2D eigenvalue weighted by molar-refractivity contribution is 9.10. The van der Waals surface area contributed by atoms with Gasteiger partial charge in [-0.3, -0.25) is 10.1 Å². The Labute approximate surface area is 305 Å². The Kier molecular flexibility index (Phi) is 11.4. The first kappa shape index (κ1) is 35.7. The molecule has 0 saturated carbocycles. The molecule has 2 amide bonds. The van der Waals surface area contributed by atoms with E-state index in [0.29, 0.717) is 28.4 Å². The van der Waals surface area contributed by atoms with Crippen LogP contribution in [0.2, 0.25) is 0 Å². The third-order valence-electron chi connectivity index (χ3n) is 7.11. The number of carbonyl (C=O) groups excluding carboxylic acids is 2. The molecule has 0 bridgehead atoms. The molecule has 14 heteroatoms. The zero-order chi connectivity index (χ0) is 34.6. The summed E-state index contributed by atoms with van der Waals surface area (Å²) in [5, 5.41) is 6.80. The first-order valence-corrected chi connectivity index (χ1v) is 17.4. The van der Waals surface area contributed by atoms with Crippen molar-refractivity contribution in [1.29, 1.82) is 0 Å². The summed E-state index contributed by atoms with van der Waals surface area (Å²) in [6.45, 7) is 5.73. The summed E-state index contributed by atoms with van der Waals surface area (Å²) in [6, 6.07) is 22.4. The number of benzene rings is 3. The third kappa shape index (κ3) is 9.09. The molecule has 0 aliphatic carbocycles. The van der Waals surface area contributed by atoms with E-state index in [-0.39, 0.29) is 18.4 Å². The third-order valence-corrected chi connectivity index (χ3v) is 9.01. The molecule has 0 atom stereocenters. The Hall–Kier alpha value is -3.61. The fourth-order valence-electron chi connectivity index (χ4n) is 4.69. The van der Waals surface area contributed by atoms with Gasteiger partial charge in [-0.1, -0.05) is 76.3 Å². The van der Waals surface area contributed by atoms with Gasteiger partial charge in [-0.2, -0.15) is 0 Å². The predicted octanol–water partition coefficient (Wildman–Crippen LogP) is 10.3. The summed E-state index contributed by atoms with van der Waals surface area (Å²) in [7, 11) is 1.76. The standard InChI is InChI=1S/C34H30BrCl3N6O3S/c1-19(2)26-12-11-25-30(42-26)39-18-40-31(25)43-27-16-21(32(45)44(4)28-13-6-22(35)15-20(28)3)5-14-29(27)48-24-9-7-23(8-10-24)41-33(46)47-17-34(36,37)38/h5-16,18-19H,17H2,1-4H3,(H,41,46)(H,39,40,42,43). The lowest BCUT2D eigenvalue weighted by atomic mass is 10.1. The van der Waals surface area contributed by atoms with Crippen LogP contribution in [0.1, 0.15) is 41.4 Å². The lowest BCUT2D eigenvalue weighted by Gasteiger charge is -2.21. The van der Waals surface area contributed by atoms with Crippen LogP contribution in [0.25, 0.3) is 11.0 Å². The van der Waals surface area contributed by atoms with Crippen LogP contribution in [0, 0.1) is 6.92 Å². The first-order valence-electron chi connectivity index (χ1n) is 14.6. The number of nitrogens with one attached hydrogen (secondary N) is 2. The van der Waals surface area contributed by atoms with Crippen LogP contribution in [-0.2, 0) is 4.74 Å². The topological polar surface area (TPSA) is 109 Å². The van der Waals surface area contributed by atoms with Crippen LogP contribution in [0.15, 0.2) is 93.4 Å². The molecule has 9 nitrogen and oxygen atoms in total. The number of rotatable bonds is 9. The number of anilines is 4. The van der Waals surface area contributed by atoms with Crippen molar-refractivity contribution in [3.05, 3.63) is 100 Å². The van der Waals surface area contributed by atoms with Gasteiger partial charge in [0, 0.05) is 43.9 Å². The molecule has 5 rings (SSSR count). The summed E-state index contributed by atoms with van der Waals surface area (Å²) >= 11 is 21.9. The van der Waals surface area contributed by atoms with Crippen molar-refractivity contribution in [3.8, 4) is 0 Å². The normalized spacial score (nSPS) is 11.4. The van der Waals surface area contributed by atoms with Gasteiger partial charge in [0.15, 0.2) is 5.65 Å². The Bertz CT molecular complexity index is 1980. The summed E-state index contributed by atoms with van der Waals surface area (Å²) in [5.41, 5.74) is 4.91. The molecule has 2 aromatic heterocycles. The predicted molar refractivity (Wildman–Crippen MR) is 199 cm³/mol. The second-order valence-corrected chi connectivity index (χ2v) is 15.6. The molecule has 0 aliphatic heterocycles. The second-order valence-electron chi connectivity index (χ2n) is 11.1. The lowest BCUT2D eigenvalue weighted by Crippen LogP contribution is -2.27. The van der Waals surface area contributed by atoms with E-state index in [9.17, 15) is 9.59 Å². The van der Waals surface area contributed by atoms with E-state index in [0.717, 1.165) is 36.6 Å². The summed E-state index contributed by atoms with van der Waals surface area (Å²) < 4.78 is 4.17. The number of hydrogen-bond acceptors (Lipinski definition) is 8. The zero-order valence-corrected chi connectivity index (χ0v) is 30.9. The minimum atomic E-state index is -1.71. The van der Waals surface area contributed by atoms with Crippen LogP contribution in [0.5, 0.6) is 0 Å². The van der Waals surface area contributed by atoms with Crippen molar-refractivity contribution in [3.63, 3.8) is 0 Å². The first-order chi connectivity index (χ1) is 22.8. The van der Waals surface area contributed by atoms with Gasteiger partial charge in [-0.15, -0.1) is 0 Å². The van der Waals surface area contributed by atoms with Gasteiger partial charge >= 0.3 is 6.09 Å². The molecule has 0 spiro atoms. The summed E-state index contributed by atoms with van der Waals surface area (Å²) in [6.07, 6.45) is 0.724. The highest BCUT2D eigenvalue weighted by atomic mass is 79.9. The Morgan fingerprint density at radius 2 is 1.75 bits per heavy atom. The van der Waals surface area contributed by atoms with Gasteiger partial charge in [0.25, 0.3) is 5.91 Å². The fraction of sp³-hybridized carbons (Fsp3) is 0.206. The van der Waals surface area contributed by atoms with E-state index in [2.05, 4.69) is 50.4 Å². The van der Waals surface area contributed by atoms with Gasteiger partial charge in [0.2, 0.25) is 3.79 Å². The average Bonchev–Trinajstić information content (AvgIpc) is 3.04. The van der Waals surface area contributed by atoms with Crippen molar-refractivity contribution in [1.82, 2.24) is 15.0 Å². The fourth-order valence-corrected chi connectivity index (χ4v) is 6.21. The number of nitrogens with zero attached hydrogens (tertiary/aromatic N) is 4. The van der Waals surface area contributed by atoms with Crippen molar-refractivity contribution < 1.29 is 14.3 Å². The largest absolute Gasteiger partial charge is 0.445 e. The van der Waals surface area contributed by atoms with Gasteiger partial charge in [0.1, 0.15) is 18.8 Å². The monoisotopic (exact) mass is 786 g/mol. The van der Waals surface area contributed by atoms with E-state index < -0.39 is 9.89 Å². The molecule has 3 aromatic carbocycles. The number of amides is 2. The van der Waals surface area contributed by atoms with Crippen LogP contribution in [0.3, 0.4) is 0 Å². The lowest BCUT2D eigenvalue weighted by molar-refractivity contribution is 0.0992. The van der Waals surface area contributed by atoms with Gasteiger partial charge in [-0.05, 0) is 91.2 Å². The summed E-state index contributed by atoms with van der Waals surface area (Å²) in [4.78, 5) is 42.8. The number of fused-ring (bicyclic) bond motifs is 1. The van der Waals surface area contributed by atoms with E-state index >= 15 is 0 Å². The van der Waals surface area contributed by atoms with E-state index in [1.54, 1.807) is 30.1 Å². The zero-order valence-electron chi connectivity index (χ0n) is 26.2. The minimum Gasteiger partial charge on any atom is -0.445 e. The number of aromatic nitrogens is 3. The number of halogens is 4. The number of aryl methyl sites for hydroxylation is 1. The van der Waals surface area contributed by atoms with E-state index in [4.69, 9.17) is 44.5 Å². The molecule has 0 fully saturated rings. The van der Waals surface area contributed by atoms with Crippen LogP contribution in [-0.4, -0.2) is 44.4 Å². The number of alkyl halides is 3. The molecule has 248 valence electrons. The van der Waals surface area contributed by atoms with Crippen LogP contribution >= 0.6 is 62.5 Å². The van der Waals surface area contributed by atoms with Gasteiger partial charge < -0.3 is 15.0 Å². The molecule has 2 heterocycles. The maximum absolute atomic E-state index is 13.8. The highest BCUT2D eigenvalue weighted by Gasteiger charge is 2.22. The molecule has 48 heavy (non-hydrogen) atoms. The van der Waals surface area contributed by atoms with E-state index in [1.165, 1.54) is 18.1 Å². The molecular formula is C34H30BrCl3N6O3S. The highest BCUT2D eigenvalue weighted by Crippen LogP contribution is 2.37. The Morgan fingerprint density at radius 1 is 1.00 bits per heavy atom. The number of ether oxygens (including phenoxy) is 1. The van der Waals surface area contributed by atoms with Crippen LogP contribution < -0.4 is 15.5 Å². The molecule has 0 aliphatic rings. The molecular weight excluding hydrogens is 759 g/mol. The van der Waals surface area contributed by atoms with Gasteiger partial charge in [-0.25, -0.2) is 19.7 Å². The maximum atomic E-state index is 13.8. The van der Waals surface area contributed by atoms with Crippen molar-refractivity contribution in [2.45, 2.75) is 40.3 Å². The van der Waals surface area contributed by atoms with Crippen molar-refractivity contribution >= 4 is 108 Å². The number of pyridine rings is 1. The second kappa shape index (κ2) is 15.3. The summed E-state index contributed by atoms with van der Waals surface area (Å²) in [5.74, 6) is 0.624. The molecule has 0 unspecified atom stereocenters. The molecule has 5 aromatic rings. The minimum absolute atomic E-state index is 0.173. The van der Waals surface area contributed by atoms with Crippen molar-refractivity contribution in [2.24, 2.45) is 0 Å². The molecule has 2 N–H and O–H groups in total. The van der Waals surface area contributed by atoms with Crippen molar-refractivity contribution in [2.75, 3.05) is 29.2 Å². The smallest absolute Gasteiger partial charge is 0.411 e. The molecule has 0 radical (unpaired) electrons. The Balaban J connectivity index is 1.45. The number of carbonyl (C=O) groups is 2. The quantitative estimate of drug-likeness (QED) is 0.142. The SMILES string of the molecule is Cc1cc(Br)ccc1N(C)C(=O)c1ccc(Sc2ccc(NC(=O)OCC(Cl)(Cl)Cl)cc2)c(Nc2ncnc3nc(C(C)C)ccc23)c1. The Morgan fingerprint density at radius 3 is 2.44 bits per heavy atom. The van der Waals surface area contributed by atoms with Crippen LogP contribution in [0.4, 0.5) is 27.7 Å². The molecule has 0 saturated heterocycles. The average molecular weight is 789 g/mol. The van der Waals surface area contributed by atoms with E-state index in [1.807, 2.05) is 61.5 Å². The van der Waals surface area contributed by atoms with Gasteiger partial charge in [0.05, 0.1) is 11.1 Å². The number of hydrogen-bond donors (Lipinski definition) is 2. The maximum Gasteiger partial charge on any atom is 0.411 e.